The van der Waals surface area contributed by atoms with Crippen molar-refractivity contribution >= 4 is 34.1 Å². The molecule has 2 heterocycles. The molecule has 600 valence electrons. The van der Waals surface area contributed by atoms with E-state index in [9.17, 15) is 0 Å². The van der Waals surface area contributed by atoms with Gasteiger partial charge in [0, 0.05) is 45.1 Å². The van der Waals surface area contributed by atoms with Crippen LogP contribution in [-0.2, 0) is 10.8 Å². The standard InChI is InChI=1S/C65H43NO.C59H39NO/c1-2-15-44(16-3-1)45-30-36-50(37-31-45)66(51-38-32-46(33-39-51)48-17-12-18-49(43-48)63-29-14-42-67-63)52-40-34-47(35-41-52)53-24-13-28-62-64(53)58-23-8-11-27-61(58)65(62)59-25-9-6-21-56(59)54-19-4-5-20-55(54)57-22-7-10-26-60(57)65;1-2-15-40(16-3-1)41-30-34-45(35-31-41)60(46-36-32-42(33-37-46)43-17-12-18-44(39-43)57-29-14-38-61-57)56-28-13-27-55-58(56)51-23-8-11-26-54(51)59(55)52-24-9-6-21-49(52)47-19-4-5-20-48(47)50-22-7-10-25-53(50)59/h1-43H;1-39H. The number of furan rings is 2. The topological polar surface area (TPSA) is 32.8 Å². The van der Waals surface area contributed by atoms with Gasteiger partial charge in [-0.05, 0) is 264 Å². The highest BCUT2D eigenvalue weighted by molar-refractivity contribution is 6.04. The quantitative estimate of drug-likeness (QED) is 0.115. The summed E-state index contributed by atoms with van der Waals surface area (Å²) in [6.45, 7) is 0. The molecule has 4 nitrogen and oxygen atoms in total. The molecule has 0 saturated heterocycles. The minimum absolute atomic E-state index is 0.525. The molecule has 2 spiro atoms. The molecule has 0 unspecified atom stereocenters. The van der Waals surface area contributed by atoms with Crippen molar-refractivity contribution in [1.82, 2.24) is 0 Å². The fraction of sp³-hybridized carbons (Fsp3) is 0.0161. The number of nitrogens with zero attached hydrogens (tertiary/aromatic N) is 2. The maximum absolute atomic E-state index is 5.75. The van der Waals surface area contributed by atoms with Crippen LogP contribution >= 0.6 is 0 Å². The summed E-state index contributed by atoms with van der Waals surface area (Å²) in [6.07, 6.45) is 3.45. The van der Waals surface area contributed by atoms with Crippen molar-refractivity contribution in [3.8, 4) is 145 Å². The van der Waals surface area contributed by atoms with Crippen LogP contribution in [0, 0.1) is 0 Å². The van der Waals surface area contributed by atoms with Crippen LogP contribution in [0.1, 0.15) is 44.5 Å². The van der Waals surface area contributed by atoms with Crippen molar-refractivity contribution in [2.45, 2.75) is 10.8 Å². The van der Waals surface area contributed by atoms with Gasteiger partial charge in [0.1, 0.15) is 11.5 Å². The third kappa shape index (κ3) is 12.3. The lowest BCUT2D eigenvalue weighted by Gasteiger charge is -2.35. The molecular weight excluding hydrogens is 1550 g/mol. The molecule has 0 saturated carbocycles. The molecule has 4 aliphatic carbocycles. The maximum Gasteiger partial charge on any atom is 0.133 e. The van der Waals surface area contributed by atoms with E-state index in [1.165, 1.54) is 145 Å². The Labute approximate surface area is 745 Å². The highest BCUT2D eigenvalue weighted by Crippen LogP contribution is 2.66. The third-order valence-corrected chi connectivity index (χ3v) is 26.9. The van der Waals surface area contributed by atoms with Gasteiger partial charge in [-0.3, -0.25) is 0 Å². The summed E-state index contributed by atoms with van der Waals surface area (Å²) in [4.78, 5) is 4.81. The maximum atomic E-state index is 5.75. The molecule has 0 bridgehead atoms. The number of benzene rings is 19. The number of hydrogen-bond acceptors (Lipinski definition) is 4. The summed E-state index contributed by atoms with van der Waals surface area (Å²) < 4.78 is 11.5. The second-order valence-electron chi connectivity index (χ2n) is 33.5. The van der Waals surface area contributed by atoms with E-state index in [0.717, 1.165) is 79.0 Å². The van der Waals surface area contributed by atoms with Crippen molar-refractivity contribution in [3.63, 3.8) is 0 Å². The Morgan fingerprint density at radius 2 is 0.398 bits per heavy atom. The molecule has 0 atom stereocenters. The Morgan fingerprint density at radius 1 is 0.148 bits per heavy atom. The predicted octanol–water partition coefficient (Wildman–Crippen LogP) is 33.2. The number of anilines is 6. The molecule has 21 aromatic rings. The minimum atomic E-state index is -0.570. The molecule has 0 fully saturated rings. The summed E-state index contributed by atoms with van der Waals surface area (Å²) >= 11 is 0. The highest BCUT2D eigenvalue weighted by Gasteiger charge is 2.52. The number of rotatable bonds is 13. The average molecular weight is 1630 g/mol. The summed E-state index contributed by atoms with van der Waals surface area (Å²) in [6, 6.07) is 178. The van der Waals surface area contributed by atoms with E-state index in [2.05, 4.69) is 471 Å². The Hall–Kier alpha value is -16.7. The van der Waals surface area contributed by atoms with Gasteiger partial charge in [0.25, 0.3) is 0 Å². The molecule has 4 aliphatic rings. The molecule has 128 heavy (non-hydrogen) atoms. The van der Waals surface area contributed by atoms with Crippen LogP contribution in [-0.4, -0.2) is 0 Å². The second-order valence-corrected chi connectivity index (χ2v) is 33.5. The van der Waals surface area contributed by atoms with E-state index < -0.39 is 10.8 Å². The van der Waals surface area contributed by atoms with Crippen molar-refractivity contribution in [1.29, 1.82) is 0 Å². The third-order valence-electron chi connectivity index (χ3n) is 26.9. The van der Waals surface area contributed by atoms with Gasteiger partial charge >= 0.3 is 0 Å². The summed E-state index contributed by atoms with van der Waals surface area (Å²) in [5.74, 6) is 1.73. The zero-order valence-electron chi connectivity index (χ0n) is 70.1. The van der Waals surface area contributed by atoms with Gasteiger partial charge in [-0.1, -0.05) is 382 Å². The van der Waals surface area contributed by atoms with Crippen LogP contribution in [0.25, 0.3) is 145 Å². The second kappa shape index (κ2) is 31.3. The monoisotopic (exact) mass is 1630 g/mol. The van der Waals surface area contributed by atoms with E-state index in [1.807, 2.05) is 24.3 Å². The molecule has 0 N–H and O–H groups in total. The first-order chi connectivity index (χ1) is 63.5. The molecule has 0 radical (unpaired) electrons. The van der Waals surface area contributed by atoms with Gasteiger partial charge in [0.05, 0.1) is 29.0 Å². The van der Waals surface area contributed by atoms with Gasteiger partial charge < -0.3 is 18.6 Å². The largest absolute Gasteiger partial charge is 0.464 e. The Kier molecular flexibility index (Phi) is 18.4. The first-order valence-corrected chi connectivity index (χ1v) is 44.1. The lowest BCUT2D eigenvalue weighted by atomic mass is 9.66. The van der Waals surface area contributed by atoms with Crippen LogP contribution in [0.3, 0.4) is 0 Å². The summed E-state index contributed by atoms with van der Waals surface area (Å²) in [7, 11) is 0. The minimum Gasteiger partial charge on any atom is -0.464 e. The zero-order valence-corrected chi connectivity index (χ0v) is 70.1. The van der Waals surface area contributed by atoms with Gasteiger partial charge in [0.2, 0.25) is 0 Å². The Bertz CT molecular complexity index is 7630. The van der Waals surface area contributed by atoms with Crippen LogP contribution in [0.2, 0.25) is 0 Å². The van der Waals surface area contributed by atoms with E-state index >= 15 is 0 Å². The molecule has 0 amide bonds. The molecule has 25 rings (SSSR count). The van der Waals surface area contributed by atoms with E-state index in [0.29, 0.717) is 0 Å². The van der Waals surface area contributed by atoms with E-state index in [1.54, 1.807) is 12.5 Å². The average Bonchev–Trinajstić information content (AvgIpc) is 1.52. The SMILES string of the molecule is c1ccc(-c2ccc(N(c3ccc(-c4cccc(-c5ccco5)c4)cc3)c3ccc(-c4cccc5c4-c4ccccc4C54c5ccccc5-c5ccccc5-c5ccccc54)cc3)cc2)cc1.c1ccc(-c2ccc(N(c3ccc(-c4cccc(-c5ccco5)c4)cc3)c3cccc4c3-c3ccccc3C43c4ccccc4-c4ccccc4-c4ccccc43)cc2)cc1. The van der Waals surface area contributed by atoms with Crippen LogP contribution in [0.5, 0.6) is 0 Å². The Morgan fingerprint density at radius 3 is 0.766 bits per heavy atom. The zero-order chi connectivity index (χ0) is 84.6. The first-order valence-electron chi connectivity index (χ1n) is 44.1. The molecular formula is C124H82N2O2. The first kappa shape index (κ1) is 75.1. The van der Waals surface area contributed by atoms with Gasteiger partial charge in [0.15, 0.2) is 0 Å². The van der Waals surface area contributed by atoms with E-state index in [4.69, 9.17) is 8.83 Å². The van der Waals surface area contributed by atoms with Crippen LogP contribution < -0.4 is 9.80 Å². The smallest absolute Gasteiger partial charge is 0.133 e. The molecule has 4 heteroatoms. The van der Waals surface area contributed by atoms with Crippen molar-refractivity contribution < 1.29 is 8.83 Å². The van der Waals surface area contributed by atoms with Crippen LogP contribution in [0.4, 0.5) is 34.1 Å². The lowest BCUT2D eigenvalue weighted by molar-refractivity contribution is 0.582. The molecule has 0 aliphatic heterocycles. The number of fused-ring (bicyclic) bond motifs is 24. The fourth-order valence-electron chi connectivity index (χ4n) is 21.3. The molecule has 2 aromatic heterocycles. The highest BCUT2D eigenvalue weighted by atomic mass is 16.3. The Balaban J connectivity index is 0.000000143. The lowest BCUT2D eigenvalue weighted by Crippen LogP contribution is -2.29. The van der Waals surface area contributed by atoms with Crippen molar-refractivity contribution in [2.75, 3.05) is 9.80 Å². The predicted molar refractivity (Wildman–Crippen MR) is 528 cm³/mol. The van der Waals surface area contributed by atoms with Crippen molar-refractivity contribution in [3.05, 3.63) is 542 Å². The van der Waals surface area contributed by atoms with Gasteiger partial charge in [-0.2, -0.15) is 0 Å². The van der Waals surface area contributed by atoms with Crippen LogP contribution in [0.15, 0.2) is 507 Å². The summed E-state index contributed by atoms with van der Waals surface area (Å²) in [5, 5.41) is 0. The molecule has 19 aromatic carbocycles. The van der Waals surface area contributed by atoms with Gasteiger partial charge in [-0.25, -0.2) is 0 Å². The van der Waals surface area contributed by atoms with Gasteiger partial charge in [-0.15, -0.1) is 0 Å². The van der Waals surface area contributed by atoms with E-state index in [-0.39, 0.29) is 0 Å². The van der Waals surface area contributed by atoms with Crippen molar-refractivity contribution in [2.24, 2.45) is 0 Å². The normalized spacial score (nSPS) is 12.7. The fourth-order valence-corrected chi connectivity index (χ4v) is 21.3. The summed E-state index contributed by atoms with van der Waals surface area (Å²) in [5.41, 5.74) is 45.0. The number of hydrogen-bond donors (Lipinski definition) is 0.